The molecule has 0 spiro atoms. The van der Waals surface area contributed by atoms with Crippen LogP contribution in [0.2, 0.25) is 5.02 Å². The zero-order valence-electron chi connectivity index (χ0n) is 21.0. The Hall–Kier alpha value is -2.78. The summed E-state index contributed by atoms with van der Waals surface area (Å²) in [6.45, 7) is 5.94. The van der Waals surface area contributed by atoms with Crippen molar-refractivity contribution in [3.05, 3.63) is 41.3 Å². The minimum Gasteiger partial charge on any atom is -0.487 e. The van der Waals surface area contributed by atoms with Crippen LogP contribution in [0.1, 0.15) is 26.7 Å². The molecule has 2 aliphatic rings. The Labute approximate surface area is 215 Å². The number of hydrogen-bond donors (Lipinski definition) is 1. The molecule has 10 heteroatoms. The maximum Gasteiger partial charge on any atom is 0.305 e. The molecule has 8 nitrogen and oxygen atoms in total. The Morgan fingerprint density at radius 3 is 2.64 bits per heavy atom. The molecule has 4 rings (SSSR count). The fourth-order valence-electron chi connectivity index (χ4n) is 5.30. The van der Waals surface area contributed by atoms with E-state index in [1.54, 1.807) is 32.5 Å². The number of carboxylic acid groups (broad SMARTS) is 1. The molecule has 196 valence electrons. The SMILES string of the molecule is COc1cc(N2CCC(Oc3ccc(N4C[C@H](OC)[C@@H](C)[C@@H]4CC(=O)O)cc3F)C(C)C2)c(Cl)cn1. The zero-order chi connectivity index (χ0) is 26.0. The number of pyridine rings is 1. The number of piperidine rings is 1. The monoisotopic (exact) mass is 521 g/mol. The topological polar surface area (TPSA) is 84.4 Å². The number of methoxy groups -OCH3 is 2. The Morgan fingerprint density at radius 2 is 2.00 bits per heavy atom. The van der Waals surface area contributed by atoms with Gasteiger partial charge in [0.15, 0.2) is 11.6 Å². The average molecular weight is 522 g/mol. The van der Waals surface area contributed by atoms with Gasteiger partial charge in [-0.1, -0.05) is 25.4 Å². The van der Waals surface area contributed by atoms with Gasteiger partial charge in [0.05, 0.1) is 36.5 Å². The Balaban J connectivity index is 1.44. The molecule has 2 fully saturated rings. The van der Waals surface area contributed by atoms with E-state index >= 15 is 4.39 Å². The highest BCUT2D eigenvalue weighted by Crippen LogP contribution is 2.37. The van der Waals surface area contributed by atoms with Gasteiger partial charge in [0.1, 0.15) is 6.10 Å². The van der Waals surface area contributed by atoms with Gasteiger partial charge in [0.2, 0.25) is 5.88 Å². The first-order valence-corrected chi connectivity index (χ1v) is 12.5. The summed E-state index contributed by atoms with van der Waals surface area (Å²) in [6, 6.07) is 6.40. The van der Waals surface area contributed by atoms with Gasteiger partial charge in [-0.15, -0.1) is 0 Å². The van der Waals surface area contributed by atoms with Gasteiger partial charge in [0.25, 0.3) is 0 Å². The highest BCUT2D eigenvalue weighted by atomic mass is 35.5. The lowest BCUT2D eigenvalue weighted by atomic mass is 9.96. The zero-order valence-corrected chi connectivity index (χ0v) is 21.7. The van der Waals surface area contributed by atoms with Crippen LogP contribution >= 0.6 is 11.6 Å². The molecule has 0 saturated carbocycles. The summed E-state index contributed by atoms with van der Waals surface area (Å²) in [5.41, 5.74) is 1.48. The molecule has 3 heterocycles. The number of aromatic nitrogens is 1. The molecule has 2 aromatic rings. The van der Waals surface area contributed by atoms with Gasteiger partial charge in [-0.05, 0) is 12.1 Å². The molecule has 2 saturated heterocycles. The number of carbonyl (C=O) groups is 1. The summed E-state index contributed by atoms with van der Waals surface area (Å²) in [7, 11) is 3.18. The normalized spacial score (nSPS) is 26.2. The predicted molar refractivity (Wildman–Crippen MR) is 136 cm³/mol. The van der Waals surface area contributed by atoms with E-state index in [-0.39, 0.29) is 42.3 Å². The number of rotatable bonds is 8. The fraction of sp³-hybridized carbons (Fsp3) is 0.538. The molecule has 2 aliphatic heterocycles. The van der Waals surface area contributed by atoms with Crippen LogP contribution in [0.15, 0.2) is 30.5 Å². The number of benzene rings is 1. The second kappa shape index (κ2) is 11.1. The Kier molecular flexibility index (Phi) is 8.10. The number of anilines is 2. The van der Waals surface area contributed by atoms with Gasteiger partial charge in [-0.3, -0.25) is 4.79 Å². The van der Waals surface area contributed by atoms with E-state index in [0.717, 1.165) is 5.69 Å². The van der Waals surface area contributed by atoms with Crippen LogP contribution in [0, 0.1) is 17.7 Å². The molecule has 0 bridgehead atoms. The molecule has 36 heavy (non-hydrogen) atoms. The maximum atomic E-state index is 15.2. The molecule has 2 unspecified atom stereocenters. The van der Waals surface area contributed by atoms with Crippen molar-refractivity contribution >= 4 is 28.9 Å². The fourth-order valence-corrected chi connectivity index (χ4v) is 5.52. The number of hydrogen-bond acceptors (Lipinski definition) is 7. The number of halogens is 2. The van der Waals surface area contributed by atoms with Crippen LogP contribution in [-0.2, 0) is 9.53 Å². The number of aliphatic carboxylic acids is 1. The summed E-state index contributed by atoms with van der Waals surface area (Å²) >= 11 is 6.37. The lowest BCUT2D eigenvalue weighted by molar-refractivity contribution is -0.137. The molecule has 0 radical (unpaired) electrons. The second-order valence-corrected chi connectivity index (χ2v) is 10.0. The second-order valence-electron chi connectivity index (χ2n) is 9.61. The van der Waals surface area contributed by atoms with Gasteiger partial charge in [-0.2, -0.15) is 0 Å². The lowest BCUT2D eigenvalue weighted by Crippen LogP contribution is -2.44. The van der Waals surface area contributed by atoms with Gasteiger partial charge < -0.3 is 29.1 Å². The molecule has 1 aromatic heterocycles. The summed E-state index contributed by atoms with van der Waals surface area (Å²) in [5, 5.41) is 9.93. The maximum absolute atomic E-state index is 15.2. The molecule has 5 atom stereocenters. The van der Waals surface area contributed by atoms with Crippen molar-refractivity contribution in [2.45, 2.75) is 44.9 Å². The predicted octanol–water partition coefficient (Wildman–Crippen LogP) is 4.49. The van der Waals surface area contributed by atoms with E-state index in [4.69, 9.17) is 25.8 Å². The molecule has 1 N–H and O–H groups in total. The van der Waals surface area contributed by atoms with Crippen molar-refractivity contribution in [3.63, 3.8) is 0 Å². The Morgan fingerprint density at radius 1 is 1.22 bits per heavy atom. The minimum absolute atomic E-state index is 0.00462. The average Bonchev–Trinajstić information content (AvgIpc) is 3.16. The molecule has 0 aliphatic carbocycles. The highest BCUT2D eigenvalue weighted by Gasteiger charge is 2.40. The van der Waals surface area contributed by atoms with Crippen molar-refractivity contribution < 1.29 is 28.5 Å². The first-order valence-electron chi connectivity index (χ1n) is 12.1. The van der Waals surface area contributed by atoms with Crippen LogP contribution in [0.5, 0.6) is 11.6 Å². The van der Waals surface area contributed by atoms with Crippen molar-refractivity contribution in [1.29, 1.82) is 0 Å². The van der Waals surface area contributed by atoms with Crippen LogP contribution in [0.3, 0.4) is 0 Å². The van der Waals surface area contributed by atoms with Crippen molar-refractivity contribution in [2.24, 2.45) is 11.8 Å². The third kappa shape index (κ3) is 5.47. The van der Waals surface area contributed by atoms with Crippen LogP contribution in [0.25, 0.3) is 0 Å². The quantitative estimate of drug-likeness (QED) is 0.544. The minimum atomic E-state index is -0.888. The first-order chi connectivity index (χ1) is 17.2. The van der Waals surface area contributed by atoms with E-state index in [2.05, 4.69) is 16.8 Å². The highest BCUT2D eigenvalue weighted by molar-refractivity contribution is 6.33. The smallest absolute Gasteiger partial charge is 0.305 e. The van der Waals surface area contributed by atoms with E-state index in [9.17, 15) is 9.90 Å². The van der Waals surface area contributed by atoms with E-state index in [1.165, 1.54) is 6.07 Å². The largest absolute Gasteiger partial charge is 0.487 e. The summed E-state index contributed by atoms with van der Waals surface area (Å²) in [5.74, 6) is -0.539. The molecular formula is C26H33ClFN3O5. The van der Waals surface area contributed by atoms with E-state index < -0.39 is 11.8 Å². The summed E-state index contributed by atoms with van der Waals surface area (Å²) < 4.78 is 32.1. The van der Waals surface area contributed by atoms with E-state index in [1.807, 2.05) is 17.9 Å². The van der Waals surface area contributed by atoms with Gasteiger partial charge in [-0.25, -0.2) is 9.37 Å². The van der Waals surface area contributed by atoms with Crippen molar-refractivity contribution in [2.75, 3.05) is 43.7 Å². The summed E-state index contributed by atoms with van der Waals surface area (Å²) in [6.07, 6.45) is 1.96. The molecule has 0 amide bonds. The van der Waals surface area contributed by atoms with Crippen LogP contribution < -0.4 is 19.3 Å². The summed E-state index contributed by atoms with van der Waals surface area (Å²) in [4.78, 5) is 19.7. The number of carboxylic acids is 1. The third-order valence-corrected chi connectivity index (χ3v) is 7.66. The number of ether oxygens (including phenoxy) is 3. The van der Waals surface area contributed by atoms with Crippen molar-refractivity contribution in [3.8, 4) is 11.6 Å². The van der Waals surface area contributed by atoms with Crippen LogP contribution in [0.4, 0.5) is 15.8 Å². The Bertz CT molecular complexity index is 1090. The first kappa shape index (κ1) is 26.3. The molecule has 1 aromatic carbocycles. The molecular weight excluding hydrogens is 489 g/mol. The number of nitrogens with zero attached hydrogens (tertiary/aromatic N) is 3. The third-order valence-electron chi connectivity index (χ3n) is 7.37. The van der Waals surface area contributed by atoms with Crippen molar-refractivity contribution in [1.82, 2.24) is 4.98 Å². The standard InChI is InChI=1S/C26H33ClFN3O5/c1-15-13-30(21-10-25(35-4)29-12-18(21)27)8-7-22(15)36-23-6-5-17(9-19(23)28)31-14-24(34-3)16(2)20(31)11-26(32)33/h5-6,9-10,12,15-16,20,22,24H,7-8,11,13-14H2,1-4H3,(H,32,33)/t15?,16-,20-,22?,24-/m0/s1. The van der Waals surface area contributed by atoms with Gasteiger partial charge >= 0.3 is 5.97 Å². The van der Waals surface area contributed by atoms with Crippen LogP contribution in [-0.4, -0.2) is 68.2 Å². The van der Waals surface area contributed by atoms with E-state index in [0.29, 0.717) is 42.6 Å². The van der Waals surface area contributed by atoms with Gasteiger partial charge in [0, 0.05) is 68.9 Å². The lowest BCUT2D eigenvalue weighted by Gasteiger charge is -2.38.